The van der Waals surface area contributed by atoms with E-state index in [-0.39, 0.29) is 5.92 Å². The Labute approximate surface area is 116 Å². The van der Waals surface area contributed by atoms with Gasteiger partial charge in [0.1, 0.15) is 0 Å². The number of aliphatic hydroxyl groups excluding tert-OH is 1. The molecule has 0 aliphatic rings. The Morgan fingerprint density at radius 1 is 1.22 bits per heavy atom. The molecule has 0 saturated heterocycles. The van der Waals surface area contributed by atoms with Crippen molar-refractivity contribution in [2.75, 3.05) is 0 Å². The molecule has 0 bridgehead atoms. The van der Waals surface area contributed by atoms with Crippen LogP contribution >= 0.6 is 15.9 Å². The van der Waals surface area contributed by atoms with Crippen LogP contribution in [0.15, 0.2) is 47.1 Å². The summed E-state index contributed by atoms with van der Waals surface area (Å²) in [5.41, 5.74) is 2.95. The van der Waals surface area contributed by atoms with E-state index in [9.17, 15) is 5.11 Å². The number of hydrogen-bond donors (Lipinski definition) is 1. The summed E-state index contributed by atoms with van der Waals surface area (Å²) in [5, 5.41) is 10.4. The summed E-state index contributed by atoms with van der Waals surface area (Å²) >= 11 is 3.46. The summed E-state index contributed by atoms with van der Waals surface area (Å²) in [4.78, 5) is 4.30. The lowest BCUT2D eigenvalue weighted by molar-refractivity contribution is 0.150. The van der Waals surface area contributed by atoms with Gasteiger partial charge in [-0.15, -0.1) is 0 Å². The van der Waals surface area contributed by atoms with Gasteiger partial charge in [0.25, 0.3) is 0 Å². The Kier molecular flexibility index (Phi) is 4.15. The molecule has 2 nitrogen and oxygen atoms in total. The maximum Gasteiger partial charge on any atom is 0.0871 e. The Balaban J connectivity index is 2.28. The van der Waals surface area contributed by atoms with Crippen molar-refractivity contribution in [1.29, 1.82) is 0 Å². The molecule has 1 aromatic carbocycles. The number of aromatic nitrogens is 1. The molecule has 3 heteroatoms. The largest absolute Gasteiger partial charge is 0.388 e. The zero-order valence-corrected chi connectivity index (χ0v) is 12.1. The second-order valence-electron chi connectivity index (χ2n) is 4.55. The molecule has 0 aliphatic heterocycles. The Morgan fingerprint density at radius 2 is 2.00 bits per heavy atom. The number of nitrogens with zero attached hydrogens (tertiary/aromatic N) is 1. The van der Waals surface area contributed by atoms with Crippen molar-refractivity contribution in [3.63, 3.8) is 0 Å². The first kappa shape index (κ1) is 13.2. The van der Waals surface area contributed by atoms with Crippen molar-refractivity contribution in [3.05, 3.63) is 63.9 Å². The number of halogens is 1. The van der Waals surface area contributed by atoms with Crippen LogP contribution in [0.2, 0.25) is 0 Å². The highest BCUT2D eigenvalue weighted by atomic mass is 79.9. The van der Waals surface area contributed by atoms with Gasteiger partial charge in [0.15, 0.2) is 0 Å². The minimum atomic E-state index is -0.545. The molecule has 2 atom stereocenters. The number of rotatable bonds is 3. The molecule has 2 unspecified atom stereocenters. The van der Waals surface area contributed by atoms with Crippen LogP contribution in [-0.2, 0) is 0 Å². The summed E-state index contributed by atoms with van der Waals surface area (Å²) in [6, 6.07) is 11.8. The van der Waals surface area contributed by atoms with Gasteiger partial charge in [-0.05, 0) is 42.3 Å². The first-order chi connectivity index (χ1) is 8.58. The second-order valence-corrected chi connectivity index (χ2v) is 5.47. The molecule has 18 heavy (non-hydrogen) atoms. The summed E-state index contributed by atoms with van der Waals surface area (Å²) in [5.74, 6) is -0.0279. The lowest BCUT2D eigenvalue weighted by Crippen LogP contribution is -2.09. The molecule has 0 fully saturated rings. The first-order valence-electron chi connectivity index (χ1n) is 5.94. The van der Waals surface area contributed by atoms with E-state index in [1.54, 1.807) is 6.20 Å². The second kappa shape index (κ2) is 5.63. The maximum absolute atomic E-state index is 10.4. The summed E-state index contributed by atoms with van der Waals surface area (Å²) < 4.78 is 0.991. The molecule has 1 aromatic heterocycles. The smallest absolute Gasteiger partial charge is 0.0871 e. The van der Waals surface area contributed by atoms with E-state index < -0.39 is 6.10 Å². The van der Waals surface area contributed by atoms with E-state index in [4.69, 9.17) is 0 Å². The molecule has 1 N–H and O–H groups in total. The minimum Gasteiger partial charge on any atom is -0.388 e. The monoisotopic (exact) mass is 305 g/mol. The SMILES string of the molecule is Cc1cc(Br)cc(C(O)C(C)c2ccccn2)c1. The van der Waals surface area contributed by atoms with E-state index >= 15 is 0 Å². The molecule has 2 rings (SSSR count). The zero-order valence-electron chi connectivity index (χ0n) is 10.5. The van der Waals surface area contributed by atoms with Crippen LogP contribution in [0.3, 0.4) is 0 Å². The van der Waals surface area contributed by atoms with Gasteiger partial charge >= 0.3 is 0 Å². The maximum atomic E-state index is 10.4. The number of hydrogen-bond acceptors (Lipinski definition) is 2. The van der Waals surface area contributed by atoms with Gasteiger partial charge in [0.2, 0.25) is 0 Å². The number of benzene rings is 1. The summed E-state index contributed by atoms with van der Waals surface area (Å²) in [6.45, 7) is 4.01. The molecule has 0 amide bonds. The molecule has 94 valence electrons. The Bertz CT molecular complexity index is 507. The summed E-state index contributed by atoms with van der Waals surface area (Å²) in [7, 11) is 0. The van der Waals surface area contributed by atoms with Crippen LogP contribution in [0, 0.1) is 6.92 Å². The van der Waals surface area contributed by atoms with Crippen LogP contribution in [0.4, 0.5) is 0 Å². The van der Waals surface area contributed by atoms with Crippen molar-refractivity contribution >= 4 is 15.9 Å². The highest BCUT2D eigenvalue weighted by molar-refractivity contribution is 9.10. The third-order valence-corrected chi connectivity index (χ3v) is 3.49. The standard InChI is InChI=1S/C15H16BrNO/c1-10-7-12(9-13(16)8-10)15(18)11(2)14-5-3-4-6-17-14/h3-9,11,15,18H,1-2H3. The Morgan fingerprint density at radius 3 is 2.61 bits per heavy atom. The lowest BCUT2D eigenvalue weighted by atomic mass is 9.93. The van der Waals surface area contributed by atoms with Crippen molar-refractivity contribution in [1.82, 2.24) is 4.98 Å². The van der Waals surface area contributed by atoms with E-state index in [1.165, 1.54) is 0 Å². The van der Waals surface area contributed by atoms with Crippen molar-refractivity contribution in [2.45, 2.75) is 25.9 Å². The van der Waals surface area contributed by atoms with E-state index in [0.29, 0.717) is 0 Å². The average Bonchev–Trinajstić information content (AvgIpc) is 2.37. The predicted octanol–water partition coefficient (Wildman–Crippen LogP) is 3.99. The molecule has 2 aromatic rings. The zero-order chi connectivity index (χ0) is 13.1. The molecular weight excluding hydrogens is 290 g/mol. The fourth-order valence-corrected chi connectivity index (χ4v) is 2.66. The van der Waals surface area contributed by atoms with Gasteiger partial charge < -0.3 is 5.11 Å². The molecule has 1 heterocycles. The van der Waals surface area contributed by atoms with Gasteiger partial charge in [-0.2, -0.15) is 0 Å². The first-order valence-corrected chi connectivity index (χ1v) is 6.73. The number of pyridine rings is 1. The molecule has 0 spiro atoms. The number of aryl methyl sites for hydroxylation is 1. The average molecular weight is 306 g/mol. The van der Waals surface area contributed by atoms with Crippen molar-refractivity contribution < 1.29 is 5.11 Å². The van der Waals surface area contributed by atoms with Crippen LogP contribution in [-0.4, -0.2) is 10.1 Å². The summed E-state index contributed by atoms with van der Waals surface area (Å²) in [6.07, 6.45) is 1.21. The highest BCUT2D eigenvalue weighted by Gasteiger charge is 2.19. The third-order valence-electron chi connectivity index (χ3n) is 3.03. The van der Waals surface area contributed by atoms with Crippen molar-refractivity contribution in [2.24, 2.45) is 0 Å². The quantitative estimate of drug-likeness (QED) is 0.930. The predicted molar refractivity (Wildman–Crippen MR) is 76.5 cm³/mol. The fraction of sp³-hybridized carbons (Fsp3) is 0.267. The van der Waals surface area contributed by atoms with E-state index in [1.807, 2.05) is 50.2 Å². The molecule has 0 aliphatic carbocycles. The number of aliphatic hydroxyl groups is 1. The van der Waals surface area contributed by atoms with Crippen LogP contribution in [0.1, 0.15) is 35.8 Å². The Hall–Kier alpha value is -1.19. The minimum absolute atomic E-state index is 0.0279. The molecular formula is C15H16BrNO. The van der Waals surface area contributed by atoms with Crippen molar-refractivity contribution in [3.8, 4) is 0 Å². The molecule has 0 saturated carbocycles. The molecule has 0 radical (unpaired) electrons. The third kappa shape index (κ3) is 2.98. The van der Waals surface area contributed by atoms with Crippen LogP contribution < -0.4 is 0 Å². The van der Waals surface area contributed by atoms with Gasteiger partial charge in [-0.25, -0.2) is 0 Å². The normalized spacial score (nSPS) is 14.2. The van der Waals surface area contributed by atoms with Crippen LogP contribution in [0.5, 0.6) is 0 Å². The van der Waals surface area contributed by atoms with Gasteiger partial charge in [-0.1, -0.05) is 35.0 Å². The van der Waals surface area contributed by atoms with E-state index in [0.717, 1.165) is 21.3 Å². The lowest BCUT2D eigenvalue weighted by Gasteiger charge is -2.19. The van der Waals surface area contributed by atoms with Crippen LogP contribution in [0.25, 0.3) is 0 Å². The van der Waals surface area contributed by atoms with Gasteiger partial charge in [-0.3, -0.25) is 4.98 Å². The van der Waals surface area contributed by atoms with Gasteiger partial charge in [0.05, 0.1) is 6.10 Å². The van der Waals surface area contributed by atoms with Gasteiger partial charge in [0, 0.05) is 22.3 Å². The van der Waals surface area contributed by atoms with E-state index in [2.05, 4.69) is 20.9 Å². The fourth-order valence-electron chi connectivity index (χ4n) is 2.03. The topological polar surface area (TPSA) is 33.1 Å². The highest BCUT2D eigenvalue weighted by Crippen LogP contribution is 2.31.